The van der Waals surface area contributed by atoms with Crippen LogP contribution < -0.4 is 25.6 Å². The summed E-state index contributed by atoms with van der Waals surface area (Å²) in [6.07, 6.45) is 1.56. The van der Waals surface area contributed by atoms with Crippen molar-refractivity contribution in [2.75, 3.05) is 54.1 Å². The molecule has 1 aliphatic rings. The summed E-state index contributed by atoms with van der Waals surface area (Å²) in [4.78, 5) is 18.1. The van der Waals surface area contributed by atoms with Crippen molar-refractivity contribution in [2.24, 2.45) is 0 Å². The Hall–Kier alpha value is -3.59. The van der Waals surface area contributed by atoms with E-state index in [0.717, 1.165) is 53.1 Å². The average molecular weight is 448 g/mol. The quantitative estimate of drug-likeness (QED) is 0.473. The first-order valence-corrected chi connectivity index (χ1v) is 11.3. The Bertz CT molecular complexity index is 1230. The smallest absolute Gasteiger partial charge is 0.189 e. The van der Waals surface area contributed by atoms with Crippen LogP contribution in [0.2, 0.25) is 0 Å². The molecule has 0 saturated carbocycles. The molecule has 0 atom stereocenters. The van der Waals surface area contributed by atoms with Gasteiger partial charge in [0.05, 0.1) is 17.3 Å². The molecule has 4 aromatic rings. The fourth-order valence-corrected chi connectivity index (χ4v) is 4.86. The van der Waals surface area contributed by atoms with E-state index in [2.05, 4.69) is 61.3 Å². The third-order valence-corrected chi connectivity index (χ3v) is 6.58. The van der Waals surface area contributed by atoms with Gasteiger partial charge in [0.1, 0.15) is 17.8 Å². The molecule has 0 unspecified atom stereocenters. The fourth-order valence-electron chi connectivity index (χ4n) is 3.89. The summed E-state index contributed by atoms with van der Waals surface area (Å²) in [7, 11) is 1.68. The summed E-state index contributed by atoms with van der Waals surface area (Å²) >= 11 is 1.59. The van der Waals surface area contributed by atoms with E-state index in [4.69, 9.17) is 10.5 Å². The van der Waals surface area contributed by atoms with E-state index in [1.54, 1.807) is 24.8 Å². The van der Waals surface area contributed by atoms with E-state index < -0.39 is 0 Å². The van der Waals surface area contributed by atoms with E-state index in [0.29, 0.717) is 11.5 Å². The molecule has 164 valence electrons. The average Bonchev–Trinajstić information content (AvgIpc) is 3.22. The maximum Gasteiger partial charge on any atom is 0.189 e. The summed E-state index contributed by atoms with van der Waals surface area (Å²) < 4.78 is 6.39. The molecule has 32 heavy (non-hydrogen) atoms. The molecular formula is C23H25N7OS. The number of benzene rings is 2. The van der Waals surface area contributed by atoms with Gasteiger partial charge < -0.3 is 25.6 Å². The van der Waals surface area contributed by atoms with Gasteiger partial charge >= 0.3 is 0 Å². The number of hydrogen-bond acceptors (Lipinski definition) is 9. The molecule has 9 heteroatoms. The van der Waals surface area contributed by atoms with Crippen LogP contribution in [0.4, 0.5) is 28.1 Å². The van der Waals surface area contributed by atoms with Crippen molar-refractivity contribution in [2.45, 2.75) is 6.92 Å². The Morgan fingerprint density at radius 1 is 1.00 bits per heavy atom. The van der Waals surface area contributed by atoms with Crippen LogP contribution in [0.5, 0.6) is 5.75 Å². The highest BCUT2D eigenvalue weighted by atomic mass is 32.1. The van der Waals surface area contributed by atoms with Gasteiger partial charge in [0.2, 0.25) is 0 Å². The highest BCUT2D eigenvalue weighted by molar-refractivity contribution is 7.22. The minimum absolute atomic E-state index is 0.542. The Kier molecular flexibility index (Phi) is 5.40. The zero-order chi connectivity index (χ0) is 22.1. The van der Waals surface area contributed by atoms with Gasteiger partial charge in [-0.3, -0.25) is 0 Å². The number of ether oxygens (including phenoxy) is 1. The molecule has 0 aliphatic carbocycles. The summed E-state index contributed by atoms with van der Waals surface area (Å²) in [6.45, 7) is 5.50. The van der Waals surface area contributed by atoms with Crippen molar-refractivity contribution in [1.82, 2.24) is 15.0 Å². The lowest BCUT2D eigenvalue weighted by atomic mass is 10.2. The monoisotopic (exact) mass is 447 g/mol. The van der Waals surface area contributed by atoms with Crippen molar-refractivity contribution < 1.29 is 4.74 Å². The molecule has 5 rings (SSSR count). The number of fused-ring (bicyclic) bond motifs is 1. The molecule has 1 aliphatic heterocycles. The SMILES string of the molecule is COc1ccc(N2CCN(c3ncnc(Nc4nc5ccc(C)cc5s4)c3N)CC2)cc1. The van der Waals surface area contributed by atoms with Crippen LogP contribution in [0.25, 0.3) is 10.2 Å². The number of nitrogen functional groups attached to an aromatic ring is 1. The van der Waals surface area contributed by atoms with Gasteiger partial charge in [-0.05, 0) is 48.9 Å². The predicted octanol–water partition coefficient (Wildman–Crippen LogP) is 4.06. The second-order valence-corrected chi connectivity index (χ2v) is 8.78. The number of aromatic nitrogens is 3. The van der Waals surface area contributed by atoms with Crippen LogP contribution >= 0.6 is 11.3 Å². The molecule has 0 bridgehead atoms. The number of nitrogens with one attached hydrogen (secondary N) is 1. The molecule has 0 spiro atoms. The van der Waals surface area contributed by atoms with E-state index in [1.165, 1.54) is 11.3 Å². The molecule has 1 fully saturated rings. The molecule has 1 saturated heterocycles. The van der Waals surface area contributed by atoms with Crippen LogP contribution in [-0.4, -0.2) is 48.2 Å². The third kappa shape index (κ3) is 3.99. The zero-order valence-electron chi connectivity index (χ0n) is 18.1. The lowest BCUT2D eigenvalue weighted by Gasteiger charge is -2.37. The highest BCUT2D eigenvalue weighted by Gasteiger charge is 2.22. The number of thiazole rings is 1. The number of aryl methyl sites for hydroxylation is 1. The second-order valence-electron chi connectivity index (χ2n) is 7.75. The van der Waals surface area contributed by atoms with Crippen LogP contribution in [0.15, 0.2) is 48.8 Å². The minimum Gasteiger partial charge on any atom is -0.497 e. The fraction of sp³-hybridized carbons (Fsp3) is 0.261. The molecule has 3 heterocycles. The number of piperazine rings is 1. The molecule has 3 N–H and O–H groups in total. The van der Waals surface area contributed by atoms with E-state index >= 15 is 0 Å². The Morgan fingerprint density at radius 3 is 2.50 bits per heavy atom. The number of hydrogen-bond donors (Lipinski definition) is 2. The number of rotatable bonds is 5. The molecule has 8 nitrogen and oxygen atoms in total. The maximum absolute atomic E-state index is 6.48. The number of methoxy groups -OCH3 is 1. The van der Waals surface area contributed by atoms with Crippen molar-refractivity contribution in [3.8, 4) is 5.75 Å². The van der Waals surface area contributed by atoms with Gasteiger partial charge in [0, 0.05) is 31.9 Å². The van der Waals surface area contributed by atoms with Gasteiger partial charge in [0.25, 0.3) is 0 Å². The molecule has 2 aromatic carbocycles. The van der Waals surface area contributed by atoms with Gasteiger partial charge in [-0.25, -0.2) is 15.0 Å². The number of nitrogens with zero attached hydrogens (tertiary/aromatic N) is 5. The largest absolute Gasteiger partial charge is 0.497 e. The first-order chi connectivity index (χ1) is 15.6. The van der Waals surface area contributed by atoms with E-state index in [-0.39, 0.29) is 0 Å². The molecule has 2 aromatic heterocycles. The van der Waals surface area contributed by atoms with Crippen molar-refractivity contribution >= 4 is 49.7 Å². The topological polar surface area (TPSA) is 92.4 Å². The lowest BCUT2D eigenvalue weighted by molar-refractivity contribution is 0.415. The summed E-state index contributed by atoms with van der Waals surface area (Å²) in [6, 6.07) is 14.4. The predicted molar refractivity (Wildman–Crippen MR) is 132 cm³/mol. The van der Waals surface area contributed by atoms with Crippen LogP contribution in [0, 0.1) is 6.92 Å². The zero-order valence-corrected chi connectivity index (χ0v) is 18.9. The van der Waals surface area contributed by atoms with E-state index in [1.807, 2.05) is 18.2 Å². The number of nitrogens with two attached hydrogens (primary N) is 1. The molecule has 0 radical (unpaired) electrons. The maximum atomic E-state index is 6.48. The Labute approximate surface area is 190 Å². The lowest BCUT2D eigenvalue weighted by Crippen LogP contribution is -2.47. The number of anilines is 5. The first-order valence-electron chi connectivity index (χ1n) is 10.5. The highest BCUT2D eigenvalue weighted by Crippen LogP contribution is 2.33. The van der Waals surface area contributed by atoms with E-state index in [9.17, 15) is 0 Å². The van der Waals surface area contributed by atoms with Crippen molar-refractivity contribution in [3.63, 3.8) is 0 Å². The van der Waals surface area contributed by atoms with Crippen LogP contribution in [-0.2, 0) is 0 Å². The summed E-state index contributed by atoms with van der Waals surface area (Å²) in [5, 5.41) is 4.06. The minimum atomic E-state index is 0.542. The Morgan fingerprint density at radius 2 is 1.75 bits per heavy atom. The van der Waals surface area contributed by atoms with Gasteiger partial charge in [-0.1, -0.05) is 17.4 Å². The Balaban J connectivity index is 1.30. The van der Waals surface area contributed by atoms with Gasteiger partial charge in [-0.2, -0.15) is 0 Å². The second kappa shape index (κ2) is 8.51. The first kappa shape index (κ1) is 20.3. The molecular weight excluding hydrogens is 422 g/mol. The van der Waals surface area contributed by atoms with Crippen LogP contribution in [0.3, 0.4) is 0 Å². The normalized spacial score (nSPS) is 14.1. The standard InChI is InChI=1S/C23H25N7OS/c1-15-3-8-18-19(13-15)32-23(27-18)28-21-20(24)22(26-14-25-21)30-11-9-29(10-12-30)16-4-6-17(31-2)7-5-16/h3-8,13-14H,9-12,24H2,1-2H3,(H,25,26,27,28). The van der Waals surface area contributed by atoms with Gasteiger partial charge in [0.15, 0.2) is 16.8 Å². The molecule has 0 amide bonds. The van der Waals surface area contributed by atoms with Crippen molar-refractivity contribution in [1.29, 1.82) is 0 Å². The van der Waals surface area contributed by atoms with Gasteiger partial charge in [-0.15, -0.1) is 0 Å². The van der Waals surface area contributed by atoms with Crippen LogP contribution in [0.1, 0.15) is 5.56 Å². The third-order valence-electron chi connectivity index (χ3n) is 5.65. The summed E-state index contributed by atoms with van der Waals surface area (Å²) in [5.74, 6) is 2.21. The summed E-state index contributed by atoms with van der Waals surface area (Å²) in [5.41, 5.74) is 10.4. The van der Waals surface area contributed by atoms with Crippen molar-refractivity contribution in [3.05, 3.63) is 54.4 Å².